The Kier molecular flexibility index (Phi) is 6.78. The summed E-state index contributed by atoms with van der Waals surface area (Å²) in [6, 6.07) is 2.34. The second-order valence-corrected chi connectivity index (χ2v) is 12.8. The molecule has 0 bridgehead atoms. The minimum absolute atomic E-state index is 0.0575. The van der Waals surface area contributed by atoms with Gasteiger partial charge in [-0.3, -0.25) is 19.7 Å². The highest BCUT2D eigenvalue weighted by Gasteiger charge is 2.44. The van der Waals surface area contributed by atoms with Gasteiger partial charge in [0.2, 0.25) is 0 Å². The summed E-state index contributed by atoms with van der Waals surface area (Å²) >= 11 is 1.28. The number of likely N-dealkylation sites (tertiary alicyclic amines) is 1. The third-order valence-corrected chi connectivity index (χ3v) is 10.1. The minimum Gasteiger partial charge on any atom is -0.393 e. The van der Waals surface area contributed by atoms with E-state index >= 15 is 0 Å². The Hall–Kier alpha value is -2.41. The maximum absolute atomic E-state index is 12.8. The van der Waals surface area contributed by atoms with Crippen LogP contribution < -0.4 is 5.48 Å². The van der Waals surface area contributed by atoms with Gasteiger partial charge in [-0.05, 0) is 55.6 Å². The zero-order valence-corrected chi connectivity index (χ0v) is 20.6. The van der Waals surface area contributed by atoms with Crippen molar-refractivity contribution in [2.45, 2.75) is 49.6 Å². The van der Waals surface area contributed by atoms with Crippen LogP contribution in [0.3, 0.4) is 0 Å². The average molecular weight is 506 g/mol. The van der Waals surface area contributed by atoms with Crippen molar-refractivity contribution in [3.05, 3.63) is 21.4 Å². The second-order valence-electron chi connectivity index (χ2n) is 9.33. The highest BCUT2D eigenvalue weighted by Crippen LogP contribution is 2.33. The van der Waals surface area contributed by atoms with Gasteiger partial charge in [0.25, 0.3) is 11.8 Å². The summed E-state index contributed by atoms with van der Waals surface area (Å²) < 4.78 is 22.4. The predicted molar refractivity (Wildman–Crippen MR) is 126 cm³/mol. The molecule has 0 aromatic carbocycles. The molecule has 1 saturated carbocycles. The van der Waals surface area contributed by atoms with Crippen molar-refractivity contribution in [3.8, 4) is 23.7 Å². The van der Waals surface area contributed by atoms with Crippen molar-refractivity contribution in [2.24, 2.45) is 5.92 Å². The number of carbonyl (C=O) groups is 2. The molecule has 1 aromatic rings. The summed E-state index contributed by atoms with van der Waals surface area (Å²) in [4.78, 5) is 29.9. The molecular weight excluding hydrogens is 478 g/mol. The summed E-state index contributed by atoms with van der Waals surface area (Å²) in [5, 5.41) is 18.3. The van der Waals surface area contributed by atoms with E-state index < -0.39 is 20.5 Å². The Morgan fingerprint density at radius 1 is 1.32 bits per heavy atom. The average Bonchev–Trinajstić information content (AvgIpc) is 3.25. The van der Waals surface area contributed by atoms with Crippen LogP contribution in [0.4, 0.5) is 0 Å². The molecule has 1 saturated heterocycles. The monoisotopic (exact) mass is 505 g/mol. The van der Waals surface area contributed by atoms with Crippen LogP contribution in [0.5, 0.6) is 0 Å². The third kappa shape index (κ3) is 4.72. The van der Waals surface area contributed by atoms with E-state index in [1.807, 2.05) is 6.07 Å². The normalized spacial score (nSPS) is 24.0. The molecule has 3 aliphatic rings. The zero-order chi connectivity index (χ0) is 24.7. The fourth-order valence-corrected chi connectivity index (χ4v) is 6.15. The van der Waals surface area contributed by atoms with E-state index in [9.17, 15) is 23.1 Å². The van der Waals surface area contributed by atoms with Crippen molar-refractivity contribution >= 4 is 33.0 Å². The van der Waals surface area contributed by atoms with Gasteiger partial charge < -0.3 is 10.0 Å². The molecule has 0 unspecified atom stereocenters. The van der Waals surface area contributed by atoms with Crippen LogP contribution >= 0.6 is 11.3 Å². The number of amides is 2. The fourth-order valence-electron chi connectivity index (χ4n) is 4.31. The first-order valence-electron chi connectivity index (χ1n) is 11.0. The molecule has 1 aliphatic carbocycles. The molecule has 3 N–H and O–H groups in total. The van der Waals surface area contributed by atoms with Gasteiger partial charge in [0.15, 0.2) is 14.6 Å². The van der Waals surface area contributed by atoms with Crippen LogP contribution in [0.1, 0.15) is 46.3 Å². The van der Waals surface area contributed by atoms with Gasteiger partial charge in [-0.25, -0.2) is 13.9 Å². The molecule has 3 heterocycles. The number of aliphatic hydroxyl groups excluding tert-OH is 1. The molecule has 4 rings (SSSR count). The Morgan fingerprint density at radius 2 is 2.03 bits per heavy atom. The number of nitrogens with one attached hydrogen (secondary N) is 1. The van der Waals surface area contributed by atoms with E-state index in [-0.39, 0.29) is 25.0 Å². The van der Waals surface area contributed by atoms with Gasteiger partial charge in [-0.1, -0.05) is 5.92 Å². The SMILES string of the molecule is C[C@@](CCN1Cc2cc(C#CC#CC3CN([C@H]4C[C@@H](O)C4)C3)sc2C1=O)(C(=O)NO)S(C)(=O)=O. The molecular formula is C23H27N3O6S2. The topological polar surface area (TPSA) is 127 Å². The van der Waals surface area contributed by atoms with E-state index in [2.05, 4.69) is 28.6 Å². The number of thiophene rings is 1. The summed E-state index contributed by atoms with van der Waals surface area (Å²) in [5.41, 5.74) is 2.23. The van der Waals surface area contributed by atoms with Gasteiger partial charge in [0, 0.05) is 44.4 Å². The van der Waals surface area contributed by atoms with Crippen LogP contribution in [0.25, 0.3) is 0 Å². The quantitative estimate of drug-likeness (QED) is 0.287. The van der Waals surface area contributed by atoms with Gasteiger partial charge in [0.1, 0.15) is 0 Å². The number of hydroxylamine groups is 1. The molecule has 11 heteroatoms. The number of aliphatic hydroxyl groups is 1. The maximum Gasteiger partial charge on any atom is 0.264 e. The molecule has 34 heavy (non-hydrogen) atoms. The fraction of sp³-hybridized carbons (Fsp3) is 0.565. The van der Waals surface area contributed by atoms with Crippen molar-refractivity contribution < 1.29 is 28.3 Å². The van der Waals surface area contributed by atoms with Crippen LogP contribution in [0.2, 0.25) is 0 Å². The molecule has 182 valence electrons. The van der Waals surface area contributed by atoms with Crippen LogP contribution in [0.15, 0.2) is 6.07 Å². The highest BCUT2D eigenvalue weighted by atomic mass is 32.2. The molecule has 1 aromatic heterocycles. The van der Waals surface area contributed by atoms with Crippen LogP contribution in [-0.2, 0) is 21.2 Å². The summed E-state index contributed by atoms with van der Waals surface area (Å²) in [5.74, 6) is 11.0. The van der Waals surface area contributed by atoms with E-state index in [4.69, 9.17) is 5.21 Å². The lowest BCUT2D eigenvalue weighted by Crippen LogP contribution is -2.57. The maximum atomic E-state index is 12.8. The van der Waals surface area contributed by atoms with Crippen LogP contribution in [0, 0.1) is 29.6 Å². The van der Waals surface area contributed by atoms with Crippen molar-refractivity contribution in [1.29, 1.82) is 0 Å². The summed E-state index contributed by atoms with van der Waals surface area (Å²) in [6.45, 7) is 3.44. The lowest BCUT2D eigenvalue weighted by atomic mass is 9.84. The Morgan fingerprint density at radius 3 is 2.62 bits per heavy atom. The lowest BCUT2D eigenvalue weighted by Gasteiger charge is -2.48. The summed E-state index contributed by atoms with van der Waals surface area (Å²) in [7, 11) is -3.82. The standard InChI is InChI=1S/C23H27N3O6S2/c1-23(22(29)24-30,34(2,31)32)7-8-25-14-16-9-19(33-20(16)21(25)28)6-4-3-5-15-12-26(13-15)17-10-18(27)11-17/h9,15,17-18,27,30H,7-8,10-14H2,1-2H3,(H,24,29)/t17-,18+,23-/m1/s1. The molecule has 1 atom stereocenters. The molecule has 2 amide bonds. The Bertz CT molecular complexity index is 1220. The van der Waals surface area contributed by atoms with Gasteiger partial charge in [0.05, 0.1) is 15.9 Å². The molecule has 0 radical (unpaired) electrons. The first-order valence-corrected chi connectivity index (χ1v) is 13.7. The van der Waals surface area contributed by atoms with Crippen molar-refractivity contribution in [2.75, 3.05) is 25.9 Å². The molecule has 2 fully saturated rings. The number of rotatable bonds is 6. The Labute approximate surface area is 203 Å². The minimum atomic E-state index is -3.82. The Balaban J connectivity index is 1.30. The number of fused-ring (bicyclic) bond motifs is 1. The van der Waals surface area contributed by atoms with Gasteiger partial charge >= 0.3 is 0 Å². The van der Waals surface area contributed by atoms with Gasteiger partial charge in [-0.2, -0.15) is 0 Å². The number of carbonyl (C=O) groups excluding carboxylic acids is 2. The van der Waals surface area contributed by atoms with E-state index in [1.54, 1.807) is 0 Å². The largest absolute Gasteiger partial charge is 0.393 e. The first kappa shape index (κ1) is 24.7. The van der Waals surface area contributed by atoms with Crippen molar-refractivity contribution in [1.82, 2.24) is 15.3 Å². The third-order valence-electron chi connectivity index (χ3n) is 6.95. The molecule has 2 aliphatic heterocycles. The highest BCUT2D eigenvalue weighted by molar-refractivity contribution is 7.92. The molecule has 0 spiro atoms. The van der Waals surface area contributed by atoms with Crippen LogP contribution in [-0.4, -0.2) is 83.1 Å². The van der Waals surface area contributed by atoms with Crippen molar-refractivity contribution in [3.63, 3.8) is 0 Å². The number of hydrogen-bond acceptors (Lipinski definition) is 8. The van der Waals surface area contributed by atoms with E-state index in [0.29, 0.717) is 23.4 Å². The smallest absolute Gasteiger partial charge is 0.264 e. The van der Waals surface area contributed by atoms with E-state index in [1.165, 1.54) is 28.6 Å². The second kappa shape index (κ2) is 9.33. The number of hydrogen-bond donors (Lipinski definition) is 3. The first-order chi connectivity index (χ1) is 16.0. The summed E-state index contributed by atoms with van der Waals surface area (Å²) in [6.07, 6.45) is 2.36. The molecule has 9 nitrogen and oxygen atoms in total. The number of nitrogens with zero attached hydrogens (tertiary/aromatic N) is 2. The predicted octanol–water partition coefficient (Wildman–Crippen LogP) is 0.213. The lowest BCUT2D eigenvalue weighted by molar-refractivity contribution is -0.131. The number of sulfone groups is 1. The van der Waals surface area contributed by atoms with Gasteiger partial charge in [-0.15, -0.1) is 11.3 Å². The van der Waals surface area contributed by atoms with E-state index in [0.717, 1.165) is 42.6 Å². The zero-order valence-electron chi connectivity index (χ0n) is 19.0.